The van der Waals surface area contributed by atoms with E-state index in [1.165, 1.54) is 35.4 Å². The number of halogens is 3. The fraction of sp³-hybridized carbons (Fsp3) is 0.143. The van der Waals surface area contributed by atoms with Gasteiger partial charge in [0.1, 0.15) is 12.1 Å². The molecule has 0 spiro atoms. The molecular weight excluding hydrogens is 425 g/mol. The van der Waals surface area contributed by atoms with E-state index in [0.29, 0.717) is 6.54 Å². The standard InChI is InChI=1S/C21H17F3N6O2/c22-21(23,24)16-7-4-8-17(11-16)32-14-29-10-9-18(27-29)19(31)26-20-25-13-30(28-20)12-15-5-2-1-3-6-15/h1-11,13H,12,14H2,(H,26,28,31). The quantitative estimate of drug-likeness (QED) is 0.470. The first-order valence-electron chi connectivity index (χ1n) is 9.45. The highest BCUT2D eigenvalue weighted by Gasteiger charge is 2.30. The number of amides is 1. The van der Waals surface area contributed by atoms with Crippen LogP contribution < -0.4 is 10.1 Å². The number of hydrogen-bond acceptors (Lipinski definition) is 5. The van der Waals surface area contributed by atoms with Crippen molar-refractivity contribution in [2.45, 2.75) is 19.5 Å². The predicted octanol–water partition coefficient (Wildman–Crippen LogP) is 3.83. The lowest BCUT2D eigenvalue weighted by Crippen LogP contribution is -2.15. The molecular formula is C21H17F3N6O2. The average molecular weight is 442 g/mol. The monoisotopic (exact) mass is 442 g/mol. The molecule has 2 aromatic heterocycles. The highest BCUT2D eigenvalue weighted by atomic mass is 19.4. The number of anilines is 1. The second kappa shape index (κ2) is 8.92. The number of hydrogen-bond donors (Lipinski definition) is 1. The zero-order valence-corrected chi connectivity index (χ0v) is 16.5. The van der Waals surface area contributed by atoms with Crippen molar-refractivity contribution < 1.29 is 22.7 Å². The number of benzene rings is 2. The van der Waals surface area contributed by atoms with E-state index in [-0.39, 0.29) is 24.1 Å². The molecule has 0 saturated carbocycles. The number of rotatable bonds is 7. The summed E-state index contributed by atoms with van der Waals surface area (Å²) >= 11 is 0. The molecule has 0 unspecified atom stereocenters. The van der Waals surface area contributed by atoms with E-state index in [9.17, 15) is 18.0 Å². The molecule has 2 aromatic carbocycles. The van der Waals surface area contributed by atoms with Gasteiger partial charge in [-0.2, -0.15) is 18.3 Å². The van der Waals surface area contributed by atoms with Crippen LogP contribution in [-0.2, 0) is 19.5 Å². The molecule has 2 heterocycles. The van der Waals surface area contributed by atoms with Crippen LogP contribution in [0.25, 0.3) is 0 Å². The predicted molar refractivity (Wildman–Crippen MR) is 108 cm³/mol. The summed E-state index contributed by atoms with van der Waals surface area (Å²) in [6.45, 7) is 0.337. The minimum atomic E-state index is -4.46. The van der Waals surface area contributed by atoms with Gasteiger partial charge in [0, 0.05) is 6.20 Å². The molecule has 8 nitrogen and oxygen atoms in total. The maximum Gasteiger partial charge on any atom is 0.416 e. The smallest absolute Gasteiger partial charge is 0.416 e. The molecule has 32 heavy (non-hydrogen) atoms. The molecule has 1 amide bonds. The molecule has 0 fully saturated rings. The largest absolute Gasteiger partial charge is 0.471 e. The Balaban J connectivity index is 1.33. The normalized spacial score (nSPS) is 11.3. The molecule has 4 rings (SSSR count). The minimum absolute atomic E-state index is 0.0366. The molecule has 0 bridgehead atoms. The van der Waals surface area contributed by atoms with Crippen LogP contribution in [0.15, 0.2) is 73.2 Å². The van der Waals surface area contributed by atoms with E-state index < -0.39 is 17.6 Å². The summed E-state index contributed by atoms with van der Waals surface area (Å²) in [7, 11) is 0. The van der Waals surface area contributed by atoms with Gasteiger partial charge in [0.05, 0.1) is 12.1 Å². The summed E-state index contributed by atoms with van der Waals surface area (Å²) in [5.41, 5.74) is 0.307. The van der Waals surface area contributed by atoms with Crippen molar-refractivity contribution in [2.24, 2.45) is 0 Å². The summed E-state index contributed by atoms with van der Waals surface area (Å²) in [6, 6.07) is 15.6. The fourth-order valence-corrected chi connectivity index (χ4v) is 2.82. The number of carbonyl (C=O) groups excluding carboxylic acids is 1. The number of alkyl halides is 3. The number of carbonyl (C=O) groups is 1. The van der Waals surface area contributed by atoms with Crippen LogP contribution in [0.1, 0.15) is 21.6 Å². The number of ether oxygens (including phenoxy) is 1. The lowest BCUT2D eigenvalue weighted by molar-refractivity contribution is -0.137. The van der Waals surface area contributed by atoms with Crippen molar-refractivity contribution in [3.05, 3.63) is 90.0 Å². The third-order valence-electron chi connectivity index (χ3n) is 4.35. The van der Waals surface area contributed by atoms with Crippen molar-refractivity contribution >= 4 is 11.9 Å². The van der Waals surface area contributed by atoms with E-state index >= 15 is 0 Å². The van der Waals surface area contributed by atoms with Crippen LogP contribution >= 0.6 is 0 Å². The van der Waals surface area contributed by atoms with Gasteiger partial charge < -0.3 is 4.74 Å². The van der Waals surface area contributed by atoms with Gasteiger partial charge in [-0.25, -0.2) is 14.3 Å². The van der Waals surface area contributed by atoms with Crippen LogP contribution in [0.3, 0.4) is 0 Å². The van der Waals surface area contributed by atoms with Gasteiger partial charge in [0.15, 0.2) is 12.4 Å². The van der Waals surface area contributed by atoms with Crippen molar-refractivity contribution in [1.82, 2.24) is 24.5 Å². The summed E-state index contributed by atoms with van der Waals surface area (Å²) in [5.74, 6) is -0.365. The van der Waals surface area contributed by atoms with Crippen LogP contribution in [0.2, 0.25) is 0 Å². The molecule has 4 aromatic rings. The third-order valence-corrected chi connectivity index (χ3v) is 4.35. The SMILES string of the molecule is O=C(Nc1ncn(Cc2ccccc2)n1)c1ccn(COc2cccc(C(F)(F)F)c2)n1. The average Bonchev–Trinajstić information content (AvgIpc) is 3.42. The van der Waals surface area contributed by atoms with Gasteiger partial charge in [-0.05, 0) is 29.8 Å². The maximum atomic E-state index is 12.8. The van der Waals surface area contributed by atoms with Crippen molar-refractivity contribution in [2.75, 3.05) is 5.32 Å². The molecule has 164 valence electrons. The first kappa shape index (κ1) is 21.1. The topological polar surface area (TPSA) is 86.9 Å². The lowest BCUT2D eigenvalue weighted by atomic mass is 10.2. The molecule has 0 aliphatic carbocycles. The van der Waals surface area contributed by atoms with E-state index in [4.69, 9.17) is 4.74 Å². The summed E-state index contributed by atoms with van der Waals surface area (Å²) in [5, 5.41) is 10.8. The number of aromatic nitrogens is 5. The Morgan fingerprint density at radius 3 is 2.59 bits per heavy atom. The zero-order valence-electron chi connectivity index (χ0n) is 16.5. The molecule has 0 radical (unpaired) electrons. The molecule has 11 heteroatoms. The summed E-state index contributed by atoms with van der Waals surface area (Å²) < 4.78 is 46.6. The Morgan fingerprint density at radius 1 is 1.00 bits per heavy atom. The van der Waals surface area contributed by atoms with Gasteiger partial charge in [-0.15, -0.1) is 5.10 Å². The molecule has 0 aliphatic rings. The van der Waals surface area contributed by atoms with Crippen molar-refractivity contribution in [3.8, 4) is 5.75 Å². The summed E-state index contributed by atoms with van der Waals surface area (Å²) in [4.78, 5) is 16.4. The number of nitrogens with zero attached hydrogens (tertiary/aromatic N) is 5. The van der Waals surface area contributed by atoms with Crippen LogP contribution in [-0.4, -0.2) is 30.5 Å². The Morgan fingerprint density at radius 2 is 1.81 bits per heavy atom. The first-order valence-corrected chi connectivity index (χ1v) is 9.45. The molecule has 0 aliphatic heterocycles. The van der Waals surface area contributed by atoms with E-state index in [1.54, 1.807) is 4.68 Å². The van der Waals surface area contributed by atoms with Crippen LogP contribution in [0.5, 0.6) is 5.75 Å². The fourth-order valence-electron chi connectivity index (χ4n) is 2.82. The second-order valence-corrected chi connectivity index (χ2v) is 6.74. The van der Waals surface area contributed by atoms with Gasteiger partial charge >= 0.3 is 6.18 Å². The van der Waals surface area contributed by atoms with Crippen LogP contribution in [0.4, 0.5) is 19.1 Å². The maximum absolute atomic E-state index is 12.8. The Kier molecular flexibility index (Phi) is 5.88. The highest BCUT2D eigenvalue weighted by Crippen LogP contribution is 2.31. The Labute approximate surface area is 180 Å². The summed E-state index contributed by atoms with van der Waals surface area (Å²) in [6.07, 6.45) is -1.48. The van der Waals surface area contributed by atoms with E-state index in [0.717, 1.165) is 17.7 Å². The first-order chi connectivity index (χ1) is 15.4. The Hall–Kier alpha value is -4.15. The Bertz CT molecular complexity index is 1200. The van der Waals surface area contributed by atoms with Gasteiger partial charge in [0.2, 0.25) is 5.95 Å². The van der Waals surface area contributed by atoms with Crippen LogP contribution in [0, 0.1) is 0 Å². The molecule has 0 saturated heterocycles. The second-order valence-electron chi connectivity index (χ2n) is 6.74. The van der Waals surface area contributed by atoms with Crippen molar-refractivity contribution in [3.63, 3.8) is 0 Å². The minimum Gasteiger partial charge on any atom is -0.471 e. The highest BCUT2D eigenvalue weighted by molar-refractivity contribution is 6.01. The van der Waals surface area contributed by atoms with E-state index in [1.807, 2.05) is 30.3 Å². The van der Waals surface area contributed by atoms with Crippen molar-refractivity contribution in [1.29, 1.82) is 0 Å². The zero-order chi connectivity index (χ0) is 22.6. The van der Waals surface area contributed by atoms with E-state index in [2.05, 4.69) is 20.5 Å². The third kappa shape index (κ3) is 5.31. The molecule has 1 N–H and O–H groups in total. The lowest BCUT2D eigenvalue weighted by Gasteiger charge is -2.10. The molecule has 0 atom stereocenters. The van der Waals surface area contributed by atoms with Gasteiger partial charge in [-0.3, -0.25) is 10.1 Å². The van der Waals surface area contributed by atoms with Gasteiger partial charge in [-0.1, -0.05) is 36.4 Å². The number of nitrogens with one attached hydrogen (secondary N) is 1. The van der Waals surface area contributed by atoms with Gasteiger partial charge in [0.25, 0.3) is 5.91 Å².